The summed E-state index contributed by atoms with van der Waals surface area (Å²) < 4.78 is 49.4. The van der Waals surface area contributed by atoms with Gasteiger partial charge in [-0.3, -0.25) is 9.59 Å². The summed E-state index contributed by atoms with van der Waals surface area (Å²) in [6.07, 6.45) is -5.45. The first-order chi connectivity index (χ1) is 20.4. The molecule has 2 saturated heterocycles. The van der Waals surface area contributed by atoms with Crippen LogP contribution in [0.5, 0.6) is 5.88 Å². The van der Waals surface area contributed by atoms with Crippen LogP contribution in [0.2, 0.25) is 5.02 Å². The zero-order valence-electron chi connectivity index (χ0n) is 23.1. The van der Waals surface area contributed by atoms with Crippen LogP contribution in [0, 0.1) is 5.41 Å². The monoisotopic (exact) mass is 618 g/mol. The van der Waals surface area contributed by atoms with E-state index in [4.69, 9.17) is 22.1 Å². The van der Waals surface area contributed by atoms with Gasteiger partial charge in [-0.05, 0) is 60.1 Å². The van der Waals surface area contributed by atoms with Gasteiger partial charge in [-0.1, -0.05) is 29.8 Å². The Hall–Kier alpha value is -4.10. The number of nitrogen functional groups attached to an aromatic ring is 1. The van der Waals surface area contributed by atoms with Crippen LogP contribution in [0.3, 0.4) is 0 Å². The van der Waals surface area contributed by atoms with Crippen molar-refractivity contribution in [3.8, 4) is 17.0 Å². The van der Waals surface area contributed by atoms with Gasteiger partial charge in [0.2, 0.25) is 17.9 Å². The van der Waals surface area contributed by atoms with Crippen molar-refractivity contribution in [2.75, 3.05) is 37.3 Å². The lowest BCUT2D eigenvalue weighted by Gasteiger charge is -2.39. The first-order valence-electron chi connectivity index (χ1n) is 13.6. The molecule has 228 valence electrons. The number of piperidine rings is 1. The van der Waals surface area contributed by atoms with Gasteiger partial charge >= 0.3 is 12.1 Å². The average molecular weight is 619 g/mol. The van der Waals surface area contributed by atoms with Gasteiger partial charge in [0.25, 0.3) is 5.91 Å². The molecule has 1 unspecified atom stereocenters. The zero-order chi connectivity index (χ0) is 30.9. The molecule has 5 N–H and O–H groups in total. The number of nitrogens with zero attached hydrogens (tertiary/aromatic N) is 3. The third kappa shape index (κ3) is 6.62. The molecule has 1 aromatic heterocycles. The van der Waals surface area contributed by atoms with Gasteiger partial charge in [0, 0.05) is 48.9 Å². The lowest BCUT2D eigenvalue weighted by Crippen LogP contribution is -2.41. The van der Waals surface area contributed by atoms with Crippen molar-refractivity contribution in [2.24, 2.45) is 5.41 Å². The normalized spacial score (nSPS) is 18.8. The molecule has 0 saturated carbocycles. The minimum atomic E-state index is -4.87. The highest BCUT2D eigenvalue weighted by atomic mass is 35.5. The summed E-state index contributed by atoms with van der Waals surface area (Å²) in [5, 5.41) is 15.1. The average Bonchev–Trinajstić information content (AvgIpc) is 3.39. The maximum atomic E-state index is 14.6. The van der Waals surface area contributed by atoms with Crippen LogP contribution in [0.4, 0.5) is 24.9 Å². The van der Waals surface area contributed by atoms with Crippen LogP contribution >= 0.6 is 11.6 Å². The first-order valence-corrected chi connectivity index (χ1v) is 14.0. The molecule has 14 heteroatoms. The second-order valence-electron chi connectivity index (χ2n) is 10.8. The van der Waals surface area contributed by atoms with E-state index in [9.17, 15) is 27.9 Å². The summed E-state index contributed by atoms with van der Waals surface area (Å²) in [6, 6.07) is 10.9. The SMILES string of the molecule is CNC(=O)c1cccc(-c2cc(Cl)ccc2C(Oc2cc(N3CCC4(CC3)CN[C@H](C(=O)O)C4)nc(N)n2)C(F)(F)F)c1. The lowest BCUT2D eigenvalue weighted by atomic mass is 9.76. The second kappa shape index (κ2) is 11.9. The van der Waals surface area contributed by atoms with Gasteiger partial charge < -0.3 is 31.1 Å². The molecule has 1 spiro atoms. The first kappa shape index (κ1) is 30.4. The number of hydrogen-bond acceptors (Lipinski definition) is 8. The highest BCUT2D eigenvalue weighted by Crippen LogP contribution is 2.43. The number of aromatic nitrogens is 2. The molecule has 0 aliphatic carbocycles. The molecule has 5 rings (SSSR count). The Labute approximate surface area is 250 Å². The molecule has 2 aliphatic rings. The number of hydrogen-bond donors (Lipinski definition) is 4. The molecule has 10 nitrogen and oxygen atoms in total. The fourth-order valence-electron chi connectivity index (χ4n) is 5.74. The van der Waals surface area contributed by atoms with Crippen LogP contribution in [0.15, 0.2) is 48.5 Å². The third-order valence-electron chi connectivity index (χ3n) is 8.01. The Morgan fingerprint density at radius 1 is 1.19 bits per heavy atom. The number of carbonyl (C=O) groups is 2. The van der Waals surface area contributed by atoms with Crippen molar-refractivity contribution in [3.05, 3.63) is 64.7 Å². The number of alkyl halides is 3. The number of rotatable bonds is 7. The van der Waals surface area contributed by atoms with E-state index in [2.05, 4.69) is 20.6 Å². The van der Waals surface area contributed by atoms with E-state index in [1.165, 1.54) is 37.4 Å². The van der Waals surface area contributed by atoms with Crippen LogP contribution < -0.4 is 26.0 Å². The molecule has 43 heavy (non-hydrogen) atoms. The number of amides is 1. The van der Waals surface area contributed by atoms with Gasteiger partial charge in [0.15, 0.2) is 0 Å². The van der Waals surface area contributed by atoms with Crippen molar-refractivity contribution in [1.29, 1.82) is 0 Å². The minimum absolute atomic E-state index is 0.133. The van der Waals surface area contributed by atoms with E-state index in [0.717, 1.165) is 0 Å². The Morgan fingerprint density at radius 3 is 2.58 bits per heavy atom. The molecule has 1 amide bonds. The maximum absolute atomic E-state index is 14.6. The van der Waals surface area contributed by atoms with E-state index in [-0.39, 0.29) is 39.0 Å². The number of carboxylic acids is 1. The van der Waals surface area contributed by atoms with Crippen molar-refractivity contribution in [2.45, 2.75) is 37.6 Å². The smallest absolute Gasteiger partial charge is 0.429 e. The Kier molecular flexibility index (Phi) is 8.39. The topological polar surface area (TPSA) is 143 Å². The number of benzene rings is 2. The van der Waals surface area contributed by atoms with E-state index >= 15 is 0 Å². The molecular formula is C29H30ClF3N6O4. The number of nitrogens with two attached hydrogens (primary N) is 1. The summed E-state index contributed by atoms with van der Waals surface area (Å²) in [4.78, 5) is 33.6. The van der Waals surface area contributed by atoms with Crippen molar-refractivity contribution in [3.63, 3.8) is 0 Å². The summed E-state index contributed by atoms with van der Waals surface area (Å²) >= 11 is 6.19. The van der Waals surface area contributed by atoms with Gasteiger partial charge in [-0.2, -0.15) is 23.1 Å². The fourth-order valence-corrected chi connectivity index (χ4v) is 5.91. The van der Waals surface area contributed by atoms with Crippen LogP contribution in [0.25, 0.3) is 11.1 Å². The highest BCUT2D eigenvalue weighted by molar-refractivity contribution is 6.30. The Bertz CT molecular complexity index is 1530. The molecule has 2 aromatic carbocycles. The highest BCUT2D eigenvalue weighted by Gasteiger charge is 2.46. The van der Waals surface area contributed by atoms with Gasteiger partial charge in [-0.25, -0.2) is 0 Å². The number of anilines is 2. The largest absolute Gasteiger partial charge is 0.480 e. The molecular weight excluding hydrogens is 589 g/mol. The number of carbonyl (C=O) groups excluding carboxylic acids is 1. The molecule has 0 radical (unpaired) electrons. The molecule has 3 aromatic rings. The minimum Gasteiger partial charge on any atom is -0.480 e. The van der Waals surface area contributed by atoms with E-state index < -0.39 is 30.2 Å². The zero-order valence-corrected chi connectivity index (χ0v) is 23.9. The van der Waals surface area contributed by atoms with Crippen LogP contribution in [-0.2, 0) is 4.79 Å². The van der Waals surface area contributed by atoms with Crippen LogP contribution in [-0.4, -0.2) is 65.9 Å². The number of carboxylic acid groups (broad SMARTS) is 1. The van der Waals surface area contributed by atoms with E-state index in [1.54, 1.807) is 18.2 Å². The predicted molar refractivity (Wildman–Crippen MR) is 154 cm³/mol. The summed E-state index contributed by atoms with van der Waals surface area (Å²) in [6.45, 7) is 1.60. The van der Waals surface area contributed by atoms with Crippen molar-refractivity contribution < 1.29 is 32.6 Å². The van der Waals surface area contributed by atoms with Crippen molar-refractivity contribution >= 4 is 35.2 Å². The predicted octanol–water partition coefficient (Wildman–Crippen LogP) is 4.45. The second-order valence-corrected chi connectivity index (χ2v) is 11.3. The summed E-state index contributed by atoms with van der Waals surface area (Å²) in [5.74, 6) is -1.58. The molecule has 2 aliphatic heterocycles. The quantitative estimate of drug-likeness (QED) is 0.302. The number of nitrogens with one attached hydrogen (secondary N) is 2. The van der Waals surface area contributed by atoms with Crippen molar-refractivity contribution in [1.82, 2.24) is 20.6 Å². The fraction of sp³-hybridized carbons (Fsp3) is 0.379. The van der Waals surface area contributed by atoms with Gasteiger partial charge in [0.05, 0.1) is 0 Å². The number of halogens is 4. The maximum Gasteiger partial charge on any atom is 0.429 e. The molecule has 2 atom stereocenters. The Balaban J connectivity index is 1.43. The van der Waals surface area contributed by atoms with Gasteiger partial charge in [-0.15, -0.1) is 0 Å². The lowest BCUT2D eigenvalue weighted by molar-refractivity contribution is -0.198. The van der Waals surface area contributed by atoms with Crippen LogP contribution in [0.1, 0.15) is 41.3 Å². The van der Waals surface area contributed by atoms with E-state index in [1.807, 2.05) is 4.90 Å². The number of aliphatic carboxylic acids is 1. The molecule has 3 heterocycles. The Morgan fingerprint density at radius 2 is 1.93 bits per heavy atom. The summed E-state index contributed by atoms with van der Waals surface area (Å²) in [7, 11) is 1.46. The standard InChI is InChI=1S/C29H30ClF3N6O4/c1-35-25(40)17-4-2-3-16(11-17)20-12-18(30)5-6-19(20)24(29(31,32)33)43-23-13-22(37-27(34)38-23)39-9-7-28(8-10-39)14-21(26(41)42)36-15-28/h2-6,11-13,21,24,36H,7-10,14-15H2,1H3,(H,35,40)(H,41,42)(H2,34,37,38)/t21-,24?/m0/s1. The number of ether oxygens (including phenoxy) is 1. The third-order valence-corrected chi connectivity index (χ3v) is 8.24. The summed E-state index contributed by atoms with van der Waals surface area (Å²) in [5.41, 5.74) is 6.25. The molecule has 2 fully saturated rings. The molecule has 0 bridgehead atoms. The van der Waals surface area contributed by atoms with E-state index in [0.29, 0.717) is 50.3 Å². The van der Waals surface area contributed by atoms with Gasteiger partial charge in [0.1, 0.15) is 11.9 Å².